The number of fused-ring (bicyclic) bond motifs is 1. The Bertz CT molecular complexity index is 913. The fourth-order valence-electron chi connectivity index (χ4n) is 4.05. The maximum absolute atomic E-state index is 12.5. The van der Waals surface area contributed by atoms with E-state index in [1.165, 1.54) is 4.88 Å². The van der Waals surface area contributed by atoms with Crippen LogP contribution in [0.3, 0.4) is 0 Å². The van der Waals surface area contributed by atoms with Crippen molar-refractivity contribution in [3.05, 3.63) is 50.9 Å². The summed E-state index contributed by atoms with van der Waals surface area (Å²) >= 11 is 7.90. The lowest BCUT2D eigenvalue weighted by atomic mass is 9.91. The standard InChI is InChI=1S/C23H28ClN3OS/c1-4-15(5-2)22(28)26-23-19(13-25)18-11-10-17(12-21(18)29-23)27(3)14-16-8-6-7-9-20(16)24/h6-9,15,17H,4-5,10-12,14H2,1-3H3,(H,26,28). The predicted octanol–water partition coefficient (Wildman–Crippen LogP) is 5.64. The van der Waals surface area contributed by atoms with Crippen molar-refractivity contribution in [1.82, 2.24) is 4.90 Å². The van der Waals surface area contributed by atoms with Gasteiger partial charge in [0, 0.05) is 28.4 Å². The number of carbonyl (C=O) groups is 1. The van der Waals surface area contributed by atoms with Crippen molar-refractivity contribution in [2.75, 3.05) is 12.4 Å². The molecule has 0 fully saturated rings. The molecule has 0 bridgehead atoms. The summed E-state index contributed by atoms with van der Waals surface area (Å²) in [6, 6.07) is 10.7. The Kier molecular flexibility index (Phi) is 7.34. The topological polar surface area (TPSA) is 56.1 Å². The number of nitrogens with one attached hydrogen (secondary N) is 1. The number of nitrogens with zero attached hydrogens (tertiary/aromatic N) is 2. The van der Waals surface area contributed by atoms with Gasteiger partial charge in [-0.2, -0.15) is 5.26 Å². The number of halogens is 1. The summed E-state index contributed by atoms with van der Waals surface area (Å²) in [4.78, 5) is 16.1. The van der Waals surface area contributed by atoms with Gasteiger partial charge in [0.05, 0.1) is 5.56 Å². The first-order valence-corrected chi connectivity index (χ1v) is 11.5. The molecule has 0 aliphatic heterocycles. The molecule has 1 aromatic carbocycles. The minimum Gasteiger partial charge on any atom is -0.316 e. The molecule has 154 valence electrons. The van der Waals surface area contributed by atoms with Crippen LogP contribution in [0, 0.1) is 17.2 Å². The second-order valence-corrected chi connectivity index (χ2v) is 9.24. The molecule has 1 amide bonds. The van der Waals surface area contributed by atoms with E-state index in [4.69, 9.17) is 11.6 Å². The minimum atomic E-state index is -0.00447. The van der Waals surface area contributed by atoms with E-state index in [1.807, 2.05) is 32.0 Å². The van der Waals surface area contributed by atoms with E-state index in [0.29, 0.717) is 11.6 Å². The molecule has 1 aliphatic carbocycles. The Morgan fingerprint density at radius 3 is 2.76 bits per heavy atom. The van der Waals surface area contributed by atoms with Crippen molar-refractivity contribution in [1.29, 1.82) is 5.26 Å². The summed E-state index contributed by atoms with van der Waals surface area (Å²) in [6.07, 6.45) is 4.39. The van der Waals surface area contributed by atoms with Crippen LogP contribution in [0.1, 0.15) is 54.7 Å². The van der Waals surface area contributed by atoms with E-state index in [9.17, 15) is 10.1 Å². The van der Waals surface area contributed by atoms with Gasteiger partial charge < -0.3 is 5.32 Å². The molecule has 3 rings (SSSR count). The molecule has 1 aliphatic rings. The van der Waals surface area contributed by atoms with E-state index in [1.54, 1.807) is 11.3 Å². The van der Waals surface area contributed by atoms with Crippen LogP contribution in [-0.4, -0.2) is 23.9 Å². The molecular formula is C23H28ClN3OS. The van der Waals surface area contributed by atoms with Crippen molar-refractivity contribution >= 4 is 33.8 Å². The lowest BCUT2D eigenvalue weighted by molar-refractivity contribution is -0.120. The van der Waals surface area contributed by atoms with Gasteiger partial charge in [-0.1, -0.05) is 43.6 Å². The molecule has 0 radical (unpaired) electrons. The van der Waals surface area contributed by atoms with Crippen molar-refractivity contribution < 1.29 is 4.79 Å². The number of amides is 1. The van der Waals surface area contributed by atoms with E-state index in [-0.39, 0.29) is 11.8 Å². The summed E-state index contributed by atoms with van der Waals surface area (Å²) in [7, 11) is 2.13. The first-order valence-electron chi connectivity index (χ1n) is 10.3. The van der Waals surface area contributed by atoms with Gasteiger partial charge in [-0.05, 0) is 56.3 Å². The van der Waals surface area contributed by atoms with Crippen molar-refractivity contribution in [2.24, 2.45) is 5.92 Å². The maximum Gasteiger partial charge on any atom is 0.228 e. The smallest absolute Gasteiger partial charge is 0.228 e. The average Bonchev–Trinajstić information content (AvgIpc) is 3.06. The van der Waals surface area contributed by atoms with Crippen LogP contribution in [0.15, 0.2) is 24.3 Å². The Labute approximate surface area is 182 Å². The maximum atomic E-state index is 12.5. The molecule has 1 atom stereocenters. The zero-order chi connectivity index (χ0) is 21.0. The van der Waals surface area contributed by atoms with E-state index < -0.39 is 0 Å². The highest BCUT2D eigenvalue weighted by Crippen LogP contribution is 2.39. The fourth-order valence-corrected chi connectivity index (χ4v) is 5.52. The highest BCUT2D eigenvalue weighted by molar-refractivity contribution is 7.16. The van der Waals surface area contributed by atoms with Crippen LogP contribution in [0.2, 0.25) is 5.02 Å². The average molecular weight is 430 g/mol. The molecule has 0 spiro atoms. The summed E-state index contributed by atoms with van der Waals surface area (Å²) in [5.41, 5.74) is 2.92. The first-order chi connectivity index (χ1) is 14.0. The molecule has 0 saturated heterocycles. The SMILES string of the molecule is CCC(CC)C(=O)Nc1sc2c(c1C#N)CCC(N(C)Cc1ccccc1Cl)C2. The lowest BCUT2D eigenvalue weighted by Crippen LogP contribution is -2.35. The molecule has 2 aromatic rings. The number of likely N-dealkylation sites (N-methyl/N-ethyl adjacent to an activating group) is 1. The zero-order valence-corrected chi connectivity index (χ0v) is 18.9. The third-order valence-corrected chi connectivity index (χ3v) is 7.48. The minimum absolute atomic E-state index is 0.00447. The lowest BCUT2D eigenvalue weighted by Gasteiger charge is -2.31. The van der Waals surface area contributed by atoms with Crippen LogP contribution in [0.25, 0.3) is 0 Å². The second kappa shape index (κ2) is 9.75. The number of hydrogen-bond acceptors (Lipinski definition) is 4. The zero-order valence-electron chi connectivity index (χ0n) is 17.3. The van der Waals surface area contributed by atoms with Crippen LogP contribution in [0.5, 0.6) is 0 Å². The fraction of sp³-hybridized carbons (Fsp3) is 0.478. The largest absolute Gasteiger partial charge is 0.316 e. The number of hydrogen-bond donors (Lipinski definition) is 1. The summed E-state index contributed by atoms with van der Waals surface area (Å²) in [6.45, 7) is 4.85. The Balaban J connectivity index is 1.75. The van der Waals surface area contributed by atoms with E-state index >= 15 is 0 Å². The Morgan fingerprint density at radius 2 is 2.10 bits per heavy atom. The van der Waals surface area contributed by atoms with Gasteiger partial charge in [0.25, 0.3) is 0 Å². The molecular weight excluding hydrogens is 402 g/mol. The Morgan fingerprint density at radius 1 is 1.38 bits per heavy atom. The number of rotatable bonds is 7. The molecule has 29 heavy (non-hydrogen) atoms. The van der Waals surface area contributed by atoms with Crippen molar-refractivity contribution in [3.8, 4) is 6.07 Å². The summed E-state index contributed by atoms with van der Waals surface area (Å²) in [5.74, 6) is 0.0210. The number of anilines is 1. The number of carbonyl (C=O) groups excluding carboxylic acids is 1. The van der Waals surface area contributed by atoms with Gasteiger partial charge in [-0.15, -0.1) is 11.3 Å². The van der Waals surface area contributed by atoms with E-state index in [2.05, 4.69) is 29.4 Å². The van der Waals surface area contributed by atoms with Crippen LogP contribution in [0.4, 0.5) is 5.00 Å². The molecule has 4 nitrogen and oxygen atoms in total. The monoisotopic (exact) mass is 429 g/mol. The van der Waals surface area contributed by atoms with Crippen molar-refractivity contribution in [3.63, 3.8) is 0 Å². The van der Waals surface area contributed by atoms with Gasteiger partial charge in [0.1, 0.15) is 11.1 Å². The quantitative estimate of drug-likeness (QED) is 0.619. The highest BCUT2D eigenvalue weighted by Gasteiger charge is 2.29. The molecule has 6 heteroatoms. The summed E-state index contributed by atoms with van der Waals surface area (Å²) in [5, 5.41) is 14.3. The molecule has 1 unspecified atom stereocenters. The van der Waals surface area contributed by atoms with Crippen LogP contribution < -0.4 is 5.32 Å². The second-order valence-electron chi connectivity index (χ2n) is 7.73. The number of benzene rings is 1. The van der Waals surface area contributed by atoms with Gasteiger partial charge in [-0.3, -0.25) is 9.69 Å². The molecule has 1 N–H and O–H groups in total. The first kappa shape index (κ1) is 21.8. The normalized spacial score (nSPS) is 16.0. The van der Waals surface area contributed by atoms with Gasteiger partial charge in [0.15, 0.2) is 0 Å². The highest BCUT2D eigenvalue weighted by atomic mass is 35.5. The Hall–Kier alpha value is -1.87. The number of thiophene rings is 1. The molecule has 0 saturated carbocycles. The predicted molar refractivity (Wildman–Crippen MR) is 120 cm³/mol. The molecule has 1 heterocycles. The van der Waals surface area contributed by atoms with E-state index in [0.717, 1.165) is 59.8 Å². The molecule has 1 aromatic heterocycles. The van der Waals surface area contributed by atoms with Gasteiger partial charge in [-0.25, -0.2) is 0 Å². The van der Waals surface area contributed by atoms with Gasteiger partial charge in [0.2, 0.25) is 5.91 Å². The summed E-state index contributed by atoms with van der Waals surface area (Å²) < 4.78 is 0. The van der Waals surface area contributed by atoms with Crippen LogP contribution >= 0.6 is 22.9 Å². The van der Waals surface area contributed by atoms with Crippen LogP contribution in [-0.2, 0) is 24.2 Å². The van der Waals surface area contributed by atoms with Gasteiger partial charge >= 0.3 is 0 Å². The number of nitriles is 1. The third-order valence-electron chi connectivity index (χ3n) is 5.95. The van der Waals surface area contributed by atoms with Crippen molar-refractivity contribution in [2.45, 2.75) is 58.5 Å². The third kappa shape index (κ3) is 4.83.